The van der Waals surface area contributed by atoms with E-state index < -0.39 is 15.4 Å². The van der Waals surface area contributed by atoms with Gasteiger partial charge in [0.15, 0.2) is 0 Å². The molecular formula is C15H25N3O4S. The van der Waals surface area contributed by atoms with E-state index >= 15 is 0 Å². The van der Waals surface area contributed by atoms with Gasteiger partial charge in [-0.3, -0.25) is 9.59 Å². The summed E-state index contributed by atoms with van der Waals surface area (Å²) in [5.74, 6) is -0.000820. The molecular weight excluding hydrogens is 318 g/mol. The first-order chi connectivity index (χ1) is 10.8. The van der Waals surface area contributed by atoms with E-state index in [4.69, 9.17) is 0 Å². The van der Waals surface area contributed by atoms with Gasteiger partial charge in [0.05, 0.1) is 5.25 Å². The van der Waals surface area contributed by atoms with Gasteiger partial charge in [0, 0.05) is 58.0 Å². The van der Waals surface area contributed by atoms with Gasteiger partial charge >= 0.3 is 0 Å². The molecule has 0 N–H and O–H groups in total. The Balaban J connectivity index is 1.89. The lowest BCUT2D eigenvalue weighted by Gasteiger charge is -2.33. The molecule has 0 bridgehead atoms. The quantitative estimate of drug-likeness (QED) is 0.716. The van der Waals surface area contributed by atoms with Crippen LogP contribution in [0, 0.1) is 5.41 Å². The maximum absolute atomic E-state index is 12.7. The number of carbonyl (C=O) groups is 2. The van der Waals surface area contributed by atoms with E-state index in [0.29, 0.717) is 45.7 Å². The summed E-state index contributed by atoms with van der Waals surface area (Å²) in [6, 6.07) is 0. The molecule has 2 heterocycles. The minimum Gasteiger partial charge on any atom is -0.342 e. The lowest BCUT2D eigenvalue weighted by Crippen LogP contribution is -2.45. The number of nitrogens with zero attached hydrogens (tertiary/aromatic N) is 3. The number of amides is 2. The third kappa shape index (κ3) is 3.10. The summed E-state index contributed by atoms with van der Waals surface area (Å²) >= 11 is 0. The topological polar surface area (TPSA) is 78.0 Å². The first-order valence-electron chi connectivity index (χ1n) is 8.30. The minimum atomic E-state index is -3.30. The predicted molar refractivity (Wildman–Crippen MR) is 85.1 cm³/mol. The summed E-state index contributed by atoms with van der Waals surface area (Å²) in [5, 5.41) is -0.261. The molecule has 0 aromatic rings. The molecule has 3 rings (SSSR count). The molecule has 0 aromatic carbocycles. The van der Waals surface area contributed by atoms with Gasteiger partial charge in [-0.25, -0.2) is 8.42 Å². The van der Waals surface area contributed by atoms with Crippen LogP contribution in [0.5, 0.6) is 0 Å². The molecule has 2 saturated heterocycles. The molecule has 1 spiro atoms. The molecule has 130 valence electrons. The molecule has 2 amide bonds. The molecule has 8 heteroatoms. The van der Waals surface area contributed by atoms with Crippen LogP contribution in [0.1, 0.15) is 33.1 Å². The molecule has 1 unspecified atom stereocenters. The lowest BCUT2D eigenvalue weighted by atomic mass is 9.86. The van der Waals surface area contributed by atoms with E-state index in [1.807, 2.05) is 6.92 Å². The standard InChI is InChI=1S/C15H25N3O4S/c1-3-16-9-15(8-14(16)20)10-17(12(2)19)6-7-18(11-15)23(21,22)13-4-5-13/h13H,3-11H2,1-2H3. The van der Waals surface area contributed by atoms with E-state index in [1.54, 1.807) is 14.1 Å². The summed E-state index contributed by atoms with van der Waals surface area (Å²) in [6.07, 6.45) is 1.77. The first-order valence-corrected chi connectivity index (χ1v) is 9.80. The van der Waals surface area contributed by atoms with Crippen LogP contribution in [-0.4, -0.2) is 78.9 Å². The second kappa shape index (κ2) is 5.73. The van der Waals surface area contributed by atoms with Crippen LogP contribution in [0.25, 0.3) is 0 Å². The van der Waals surface area contributed by atoms with Crippen molar-refractivity contribution in [2.24, 2.45) is 5.41 Å². The SMILES string of the molecule is CCN1CC2(CC1=O)CN(C(C)=O)CCN(S(=O)(=O)C1CC1)C2. The van der Waals surface area contributed by atoms with Crippen molar-refractivity contribution < 1.29 is 18.0 Å². The van der Waals surface area contributed by atoms with Crippen molar-refractivity contribution in [2.75, 3.05) is 39.3 Å². The van der Waals surface area contributed by atoms with Gasteiger partial charge in [-0.15, -0.1) is 0 Å². The van der Waals surface area contributed by atoms with Crippen LogP contribution in [0.4, 0.5) is 0 Å². The van der Waals surface area contributed by atoms with Crippen molar-refractivity contribution in [3.05, 3.63) is 0 Å². The number of carbonyl (C=O) groups excluding carboxylic acids is 2. The van der Waals surface area contributed by atoms with Crippen molar-refractivity contribution in [2.45, 2.75) is 38.4 Å². The Morgan fingerprint density at radius 3 is 2.43 bits per heavy atom. The monoisotopic (exact) mass is 343 g/mol. The van der Waals surface area contributed by atoms with Crippen LogP contribution in [-0.2, 0) is 19.6 Å². The molecule has 7 nitrogen and oxygen atoms in total. The van der Waals surface area contributed by atoms with E-state index in [9.17, 15) is 18.0 Å². The second-order valence-corrected chi connectivity index (χ2v) is 9.32. The number of sulfonamides is 1. The Kier molecular flexibility index (Phi) is 4.16. The van der Waals surface area contributed by atoms with E-state index in [-0.39, 0.29) is 17.1 Å². The van der Waals surface area contributed by atoms with Crippen molar-refractivity contribution >= 4 is 21.8 Å². The zero-order chi connectivity index (χ0) is 16.8. The molecule has 1 saturated carbocycles. The Morgan fingerprint density at radius 2 is 1.91 bits per heavy atom. The fraction of sp³-hybridized carbons (Fsp3) is 0.867. The Bertz CT molecular complexity index is 616. The second-order valence-electron chi connectivity index (χ2n) is 7.10. The van der Waals surface area contributed by atoms with Gasteiger partial charge in [0.25, 0.3) is 0 Å². The van der Waals surface area contributed by atoms with Crippen LogP contribution in [0.2, 0.25) is 0 Å². The Hall–Kier alpha value is -1.15. The summed E-state index contributed by atoms with van der Waals surface area (Å²) < 4.78 is 26.9. The van der Waals surface area contributed by atoms with Crippen molar-refractivity contribution in [1.29, 1.82) is 0 Å². The maximum atomic E-state index is 12.7. The smallest absolute Gasteiger partial charge is 0.223 e. The van der Waals surface area contributed by atoms with Gasteiger partial charge in [-0.1, -0.05) is 0 Å². The zero-order valence-electron chi connectivity index (χ0n) is 13.8. The summed E-state index contributed by atoms with van der Waals surface area (Å²) in [4.78, 5) is 27.6. The molecule has 3 fully saturated rings. The average Bonchev–Trinajstić information content (AvgIpc) is 3.28. The highest BCUT2D eigenvalue weighted by molar-refractivity contribution is 7.90. The molecule has 0 aromatic heterocycles. The van der Waals surface area contributed by atoms with Crippen LogP contribution in [0.3, 0.4) is 0 Å². The largest absolute Gasteiger partial charge is 0.342 e. The van der Waals surface area contributed by atoms with Gasteiger partial charge < -0.3 is 9.80 Å². The van der Waals surface area contributed by atoms with Gasteiger partial charge in [-0.05, 0) is 19.8 Å². The normalized spacial score (nSPS) is 30.1. The molecule has 0 radical (unpaired) electrons. The highest BCUT2D eigenvalue weighted by Gasteiger charge is 2.50. The number of hydrogen-bond donors (Lipinski definition) is 0. The highest BCUT2D eigenvalue weighted by Crippen LogP contribution is 2.38. The Morgan fingerprint density at radius 1 is 1.22 bits per heavy atom. The first kappa shape index (κ1) is 16.7. The molecule has 23 heavy (non-hydrogen) atoms. The molecule has 1 atom stereocenters. The molecule has 1 aliphatic carbocycles. The maximum Gasteiger partial charge on any atom is 0.223 e. The van der Waals surface area contributed by atoms with E-state index in [0.717, 1.165) is 12.8 Å². The van der Waals surface area contributed by atoms with Gasteiger partial charge in [0.1, 0.15) is 0 Å². The van der Waals surface area contributed by atoms with Gasteiger partial charge in [0.2, 0.25) is 21.8 Å². The number of likely N-dealkylation sites (tertiary alicyclic amines) is 1. The third-order valence-electron chi connectivity index (χ3n) is 5.20. The Labute approximate surface area is 137 Å². The fourth-order valence-corrected chi connectivity index (χ4v) is 5.71. The fourth-order valence-electron chi connectivity index (χ4n) is 3.76. The average molecular weight is 343 g/mol. The van der Waals surface area contributed by atoms with Crippen molar-refractivity contribution in [3.8, 4) is 0 Å². The van der Waals surface area contributed by atoms with Crippen molar-refractivity contribution in [3.63, 3.8) is 0 Å². The molecule has 3 aliphatic rings. The predicted octanol–water partition coefficient (Wildman–Crippen LogP) is -0.119. The number of rotatable bonds is 3. The summed E-state index contributed by atoms with van der Waals surface area (Å²) in [5.41, 5.74) is -0.475. The summed E-state index contributed by atoms with van der Waals surface area (Å²) in [7, 11) is -3.30. The van der Waals surface area contributed by atoms with E-state index in [1.165, 1.54) is 6.92 Å². The van der Waals surface area contributed by atoms with Gasteiger partial charge in [-0.2, -0.15) is 4.31 Å². The minimum absolute atomic E-state index is 0.0571. The third-order valence-corrected chi connectivity index (χ3v) is 7.54. The lowest BCUT2D eigenvalue weighted by molar-refractivity contribution is -0.130. The van der Waals surface area contributed by atoms with Crippen LogP contribution < -0.4 is 0 Å². The van der Waals surface area contributed by atoms with Crippen LogP contribution >= 0.6 is 0 Å². The van der Waals surface area contributed by atoms with Crippen molar-refractivity contribution in [1.82, 2.24) is 14.1 Å². The summed E-state index contributed by atoms with van der Waals surface area (Å²) in [6.45, 7) is 6.13. The van der Waals surface area contributed by atoms with E-state index in [2.05, 4.69) is 0 Å². The zero-order valence-corrected chi connectivity index (χ0v) is 14.6. The molecule has 2 aliphatic heterocycles. The number of hydrogen-bond acceptors (Lipinski definition) is 4. The highest BCUT2D eigenvalue weighted by atomic mass is 32.2. The van der Waals surface area contributed by atoms with Crippen LogP contribution in [0.15, 0.2) is 0 Å².